The van der Waals surface area contributed by atoms with Crippen LogP contribution in [0, 0.1) is 5.82 Å². The second-order valence-corrected chi connectivity index (χ2v) is 4.41. The Balaban J connectivity index is 2.24. The van der Waals surface area contributed by atoms with Crippen molar-refractivity contribution in [3.63, 3.8) is 0 Å². The summed E-state index contributed by atoms with van der Waals surface area (Å²) in [4.78, 5) is 5.21. The number of hydrogen-bond acceptors (Lipinski definition) is 3. The van der Waals surface area contributed by atoms with Crippen molar-refractivity contribution in [2.75, 3.05) is 7.11 Å². The number of halogens is 1. The highest BCUT2D eigenvalue weighted by Crippen LogP contribution is 2.32. The van der Waals surface area contributed by atoms with Crippen LogP contribution in [-0.2, 0) is 0 Å². The van der Waals surface area contributed by atoms with Gasteiger partial charge < -0.3 is 4.74 Å². The van der Waals surface area contributed by atoms with Gasteiger partial charge in [0.1, 0.15) is 11.6 Å². The summed E-state index contributed by atoms with van der Waals surface area (Å²) in [7, 11) is 1.52. The fraction of sp³-hybridized carbons (Fsp3) is 0.0833. The molecule has 3 rings (SSSR count). The fourth-order valence-corrected chi connectivity index (χ4v) is 2.47. The predicted octanol–water partition coefficient (Wildman–Crippen LogP) is 3.21. The van der Waals surface area contributed by atoms with Crippen LogP contribution in [0.5, 0.6) is 5.75 Å². The number of imidazole rings is 1. The normalized spacial score (nSPS) is 10.9. The summed E-state index contributed by atoms with van der Waals surface area (Å²) in [6, 6.07) is 4.76. The molecule has 86 valence electrons. The second-order valence-electron chi connectivity index (χ2n) is 3.54. The molecule has 2 heterocycles. The quantitative estimate of drug-likeness (QED) is 0.696. The zero-order valence-corrected chi connectivity index (χ0v) is 9.87. The van der Waals surface area contributed by atoms with E-state index in [1.165, 1.54) is 24.5 Å². The van der Waals surface area contributed by atoms with E-state index in [0.717, 1.165) is 4.96 Å². The summed E-state index contributed by atoms with van der Waals surface area (Å²) < 4.78 is 20.9. The fourth-order valence-electron chi connectivity index (χ4n) is 1.77. The van der Waals surface area contributed by atoms with Crippen LogP contribution in [0.2, 0.25) is 0 Å². The molecule has 3 aromatic rings. The van der Waals surface area contributed by atoms with Gasteiger partial charge in [0.05, 0.1) is 18.4 Å². The van der Waals surface area contributed by atoms with Crippen LogP contribution in [0.3, 0.4) is 0 Å². The van der Waals surface area contributed by atoms with Crippen molar-refractivity contribution in [1.82, 2.24) is 9.38 Å². The zero-order valence-electron chi connectivity index (χ0n) is 9.05. The number of ether oxygens (including phenoxy) is 1. The SMILES string of the molecule is COc1cccc(F)c1-c1cn2ccsc2n1. The molecule has 0 N–H and O–H groups in total. The Morgan fingerprint density at radius 1 is 1.41 bits per heavy atom. The van der Waals surface area contributed by atoms with E-state index in [-0.39, 0.29) is 5.82 Å². The van der Waals surface area contributed by atoms with Crippen LogP contribution in [0.1, 0.15) is 0 Å². The smallest absolute Gasteiger partial charge is 0.194 e. The summed E-state index contributed by atoms with van der Waals surface area (Å²) in [5, 5.41) is 1.94. The Bertz CT molecular complexity index is 646. The predicted molar refractivity (Wildman–Crippen MR) is 65.0 cm³/mol. The molecule has 0 unspecified atom stereocenters. The maximum atomic E-state index is 13.8. The molecular formula is C12H9FN2OS. The van der Waals surface area contributed by atoms with Crippen LogP contribution in [-0.4, -0.2) is 16.5 Å². The highest BCUT2D eigenvalue weighted by Gasteiger charge is 2.15. The molecule has 0 amide bonds. The second kappa shape index (κ2) is 3.85. The lowest BCUT2D eigenvalue weighted by molar-refractivity contribution is 0.413. The first-order valence-electron chi connectivity index (χ1n) is 5.04. The number of aromatic nitrogens is 2. The molecular weight excluding hydrogens is 239 g/mol. The summed E-state index contributed by atoms with van der Waals surface area (Å²) in [5.41, 5.74) is 0.998. The molecule has 0 aliphatic heterocycles. The van der Waals surface area contributed by atoms with Gasteiger partial charge in [-0.1, -0.05) is 6.07 Å². The van der Waals surface area contributed by atoms with E-state index in [1.54, 1.807) is 18.3 Å². The van der Waals surface area contributed by atoms with Gasteiger partial charge >= 0.3 is 0 Å². The van der Waals surface area contributed by atoms with Gasteiger partial charge in [-0.3, -0.25) is 4.40 Å². The molecule has 5 heteroatoms. The third-order valence-electron chi connectivity index (χ3n) is 2.54. The maximum absolute atomic E-state index is 13.8. The number of methoxy groups -OCH3 is 1. The lowest BCUT2D eigenvalue weighted by atomic mass is 10.1. The number of rotatable bonds is 2. The summed E-state index contributed by atoms with van der Waals surface area (Å²) in [5.74, 6) is 0.172. The summed E-state index contributed by atoms with van der Waals surface area (Å²) in [6.07, 6.45) is 3.69. The van der Waals surface area contributed by atoms with Crippen molar-refractivity contribution in [2.24, 2.45) is 0 Å². The third-order valence-corrected chi connectivity index (χ3v) is 3.32. The van der Waals surface area contributed by atoms with Crippen molar-refractivity contribution in [3.05, 3.63) is 41.8 Å². The Kier molecular flexibility index (Phi) is 2.33. The number of benzene rings is 1. The monoisotopic (exact) mass is 248 g/mol. The molecule has 0 aliphatic carbocycles. The standard InChI is InChI=1S/C12H9FN2OS/c1-16-10-4-2-3-8(13)11(10)9-7-15-5-6-17-12(15)14-9/h2-7H,1H3. The van der Waals surface area contributed by atoms with Gasteiger partial charge in [0.25, 0.3) is 0 Å². The topological polar surface area (TPSA) is 26.5 Å². The van der Waals surface area contributed by atoms with Crippen molar-refractivity contribution in [2.45, 2.75) is 0 Å². The van der Waals surface area contributed by atoms with Gasteiger partial charge in [0, 0.05) is 17.8 Å². The zero-order chi connectivity index (χ0) is 11.8. The van der Waals surface area contributed by atoms with E-state index < -0.39 is 0 Å². The molecule has 0 saturated carbocycles. The molecule has 0 spiro atoms. The largest absolute Gasteiger partial charge is 0.496 e. The van der Waals surface area contributed by atoms with E-state index in [9.17, 15) is 4.39 Å². The van der Waals surface area contributed by atoms with Crippen molar-refractivity contribution in [3.8, 4) is 17.0 Å². The van der Waals surface area contributed by atoms with Crippen LogP contribution < -0.4 is 4.74 Å². The average Bonchev–Trinajstić information content (AvgIpc) is 2.88. The van der Waals surface area contributed by atoms with Crippen LogP contribution in [0.15, 0.2) is 36.0 Å². The maximum Gasteiger partial charge on any atom is 0.194 e. The highest BCUT2D eigenvalue weighted by atomic mass is 32.1. The molecule has 0 radical (unpaired) electrons. The molecule has 0 fully saturated rings. The molecule has 0 bridgehead atoms. The first-order chi connectivity index (χ1) is 8.29. The van der Waals surface area contributed by atoms with Crippen molar-refractivity contribution >= 4 is 16.3 Å². The van der Waals surface area contributed by atoms with E-state index in [0.29, 0.717) is 17.0 Å². The Labute approximate surface area is 101 Å². The van der Waals surface area contributed by atoms with E-state index in [4.69, 9.17) is 4.74 Å². The minimum Gasteiger partial charge on any atom is -0.496 e. The first kappa shape index (κ1) is 10.3. The number of hydrogen-bond donors (Lipinski definition) is 0. The molecule has 1 aromatic carbocycles. The Hall–Kier alpha value is -1.88. The van der Waals surface area contributed by atoms with E-state index in [2.05, 4.69) is 4.98 Å². The molecule has 3 nitrogen and oxygen atoms in total. The van der Waals surface area contributed by atoms with E-state index >= 15 is 0 Å². The average molecular weight is 248 g/mol. The highest BCUT2D eigenvalue weighted by molar-refractivity contribution is 7.15. The molecule has 0 saturated heterocycles. The first-order valence-corrected chi connectivity index (χ1v) is 5.92. The Morgan fingerprint density at radius 2 is 2.29 bits per heavy atom. The van der Waals surface area contributed by atoms with Crippen LogP contribution in [0.25, 0.3) is 16.2 Å². The molecule has 0 aliphatic rings. The van der Waals surface area contributed by atoms with Gasteiger partial charge in [-0.05, 0) is 12.1 Å². The molecule has 2 aromatic heterocycles. The minimum atomic E-state index is -0.324. The summed E-state index contributed by atoms with van der Waals surface area (Å²) >= 11 is 1.51. The van der Waals surface area contributed by atoms with E-state index in [1.807, 2.05) is 16.0 Å². The van der Waals surface area contributed by atoms with Gasteiger partial charge in [-0.25, -0.2) is 9.37 Å². The minimum absolute atomic E-state index is 0.324. The Morgan fingerprint density at radius 3 is 3.06 bits per heavy atom. The molecule has 17 heavy (non-hydrogen) atoms. The number of thiazole rings is 1. The van der Waals surface area contributed by atoms with Crippen molar-refractivity contribution in [1.29, 1.82) is 0 Å². The van der Waals surface area contributed by atoms with Gasteiger partial charge in [-0.15, -0.1) is 11.3 Å². The number of nitrogens with zero attached hydrogens (tertiary/aromatic N) is 2. The van der Waals surface area contributed by atoms with Gasteiger partial charge in [-0.2, -0.15) is 0 Å². The van der Waals surface area contributed by atoms with Crippen molar-refractivity contribution < 1.29 is 9.13 Å². The van der Waals surface area contributed by atoms with Gasteiger partial charge in [0.15, 0.2) is 4.96 Å². The third kappa shape index (κ3) is 1.59. The lowest BCUT2D eigenvalue weighted by Crippen LogP contribution is -1.91. The lowest BCUT2D eigenvalue weighted by Gasteiger charge is -2.06. The molecule has 0 atom stereocenters. The van der Waals surface area contributed by atoms with Crippen LogP contribution in [0.4, 0.5) is 4.39 Å². The van der Waals surface area contributed by atoms with Crippen LogP contribution >= 0.6 is 11.3 Å². The summed E-state index contributed by atoms with van der Waals surface area (Å²) in [6.45, 7) is 0. The number of fused-ring (bicyclic) bond motifs is 1. The van der Waals surface area contributed by atoms with Gasteiger partial charge in [0.2, 0.25) is 0 Å².